The summed E-state index contributed by atoms with van der Waals surface area (Å²) in [5, 5.41) is 22.8. The van der Waals surface area contributed by atoms with E-state index in [1.54, 1.807) is 6.07 Å². The van der Waals surface area contributed by atoms with Crippen LogP contribution in [0.25, 0.3) is 0 Å². The largest absolute Gasteiger partial charge is 0.384 e. The van der Waals surface area contributed by atoms with E-state index in [2.05, 4.69) is 12.2 Å². The summed E-state index contributed by atoms with van der Waals surface area (Å²) in [7, 11) is 0. The van der Waals surface area contributed by atoms with Gasteiger partial charge in [0.1, 0.15) is 6.07 Å². The molecule has 0 aliphatic heterocycles. The van der Waals surface area contributed by atoms with Gasteiger partial charge >= 0.3 is 0 Å². The van der Waals surface area contributed by atoms with Crippen LogP contribution in [-0.4, -0.2) is 11.5 Å². The molecule has 108 valence electrons. The summed E-state index contributed by atoms with van der Waals surface area (Å²) in [4.78, 5) is 10.2. The average Bonchev–Trinajstić information content (AvgIpc) is 2.46. The van der Waals surface area contributed by atoms with E-state index in [9.17, 15) is 10.1 Å². The highest BCUT2D eigenvalue weighted by molar-refractivity contribution is 5.61. The third-order valence-corrected chi connectivity index (χ3v) is 3.18. The smallest absolute Gasteiger partial charge is 0.270 e. The number of nitro benzene ring substituents is 1. The predicted molar refractivity (Wildman–Crippen MR) is 79.7 cm³/mol. The lowest BCUT2D eigenvalue weighted by atomic mass is 10.1. The van der Waals surface area contributed by atoms with Crippen molar-refractivity contribution in [1.82, 2.24) is 0 Å². The molecule has 0 amide bonds. The van der Waals surface area contributed by atoms with Crippen LogP contribution >= 0.6 is 0 Å². The molecular formula is C15H21N3O2. The topological polar surface area (TPSA) is 79.0 Å². The van der Waals surface area contributed by atoms with Crippen molar-refractivity contribution in [1.29, 1.82) is 5.26 Å². The minimum Gasteiger partial charge on any atom is -0.384 e. The Morgan fingerprint density at radius 2 is 1.95 bits per heavy atom. The number of hydrogen-bond acceptors (Lipinski definition) is 4. The maximum atomic E-state index is 10.6. The standard InChI is InChI=1S/C15H21N3O2/c1-2-3-4-5-6-7-10-17-15-9-8-14(18(19)20)11-13(15)12-16/h8-9,11,17H,2-7,10H2,1H3. The number of nitrogens with zero attached hydrogens (tertiary/aromatic N) is 2. The number of nitrogens with one attached hydrogen (secondary N) is 1. The van der Waals surface area contributed by atoms with Crippen LogP contribution in [0.2, 0.25) is 0 Å². The van der Waals surface area contributed by atoms with E-state index in [-0.39, 0.29) is 5.69 Å². The van der Waals surface area contributed by atoms with Gasteiger partial charge < -0.3 is 5.32 Å². The Hall–Kier alpha value is -2.09. The molecule has 0 saturated carbocycles. The quantitative estimate of drug-likeness (QED) is 0.415. The first-order valence-electron chi connectivity index (χ1n) is 7.11. The molecule has 0 fully saturated rings. The number of hydrogen-bond donors (Lipinski definition) is 1. The Balaban J connectivity index is 2.40. The van der Waals surface area contributed by atoms with Crippen molar-refractivity contribution in [3.63, 3.8) is 0 Å². The van der Waals surface area contributed by atoms with E-state index >= 15 is 0 Å². The molecule has 1 N–H and O–H groups in total. The Morgan fingerprint density at radius 3 is 2.60 bits per heavy atom. The summed E-state index contributed by atoms with van der Waals surface area (Å²) >= 11 is 0. The molecule has 20 heavy (non-hydrogen) atoms. The number of anilines is 1. The second kappa shape index (κ2) is 8.92. The zero-order chi connectivity index (χ0) is 14.8. The first kappa shape index (κ1) is 16.0. The molecule has 5 nitrogen and oxygen atoms in total. The van der Waals surface area contributed by atoms with Crippen LogP contribution in [0.4, 0.5) is 11.4 Å². The van der Waals surface area contributed by atoms with Gasteiger partial charge in [-0.15, -0.1) is 0 Å². The maximum absolute atomic E-state index is 10.6. The van der Waals surface area contributed by atoms with Crippen LogP contribution in [0.1, 0.15) is 51.0 Å². The Labute approximate surface area is 119 Å². The van der Waals surface area contributed by atoms with Crippen molar-refractivity contribution in [2.45, 2.75) is 45.4 Å². The molecule has 5 heteroatoms. The fourth-order valence-electron chi connectivity index (χ4n) is 2.02. The molecule has 0 aromatic heterocycles. The second-order valence-electron chi connectivity index (χ2n) is 4.79. The summed E-state index contributed by atoms with van der Waals surface area (Å²) in [6, 6.07) is 6.33. The summed E-state index contributed by atoms with van der Waals surface area (Å²) in [5.41, 5.74) is 0.948. The molecule has 1 aromatic carbocycles. The molecule has 0 bridgehead atoms. The molecular weight excluding hydrogens is 254 g/mol. The van der Waals surface area contributed by atoms with Crippen LogP contribution < -0.4 is 5.32 Å². The first-order valence-corrected chi connectivity index (χ1v) is 7.11. The highest BCUT2D eigenvalue weighted by Gasteiger charge is 2.09. The summed E-state index contributed by atoms with van der Waals surface area (Å²) < 4.78 is 0. The van der Waals surface area contributed by atoms with E-state index < -0.39 is 4.92 Å². The van der Waals surface area contributed by atoms with Gasteiger partial charge in [0.2, 0.25) is 0 Å². The third kappa shape index (κ3) is 5.27. The number of nitriles is 1. The minimum atomic E-state index is -0.488. The monoisotopic (exact) mass is 275 g/mol. The van der Waals surface area contributed by atoms with E-state index in [1.807, 2.05) is 6.07 Å². The van der Waals surface area contributed by atoms with Crippen LogP contribution in [-0.2, 0) is 0 Å². The maximum Gasteiger partial charge on any atom is 0.270 e. The normalized spacial score (nSPS) is 10.0. The van der Waals surface area contributed by atoms with Crippen molar-refractivity contribution in [2.24, 2.45) is 0 Å². The van der Waals surface area contributed by atoms with Gasteiger partial charge in [0, 0.05) is 18.7 Å². The Kier molecular flexibility index (Phi) is 7.12. The van der Waals surface area contributed by atoms with Gasteiger partial charge in [-0.1, -0.05) is 39.0 Å². The molecule has 0 aliphatic rings. The molecule has 0 atom stereocenters. The van der Waals surface area contributed by atoms with Crippen molar-refractivity contribution < 1.29 is 4.92 Å². The zero-order valence-electron chi connectivity index (χ0n) is 11.9. The lowest BCUT2D eigenvalue weighted by molar-refractivity contribution is -0.384. The SMILES string of the molecule is CCCCCCCCNc1ccc([N+](=O)[O-])cc1C#N. The van der Waals surface area contributed by atoms with Crippen molar-refractivity contribution in [3.8, 4) is 6.07 Å². The van der Waals surface area contributed by atoms with Crippen molar-refractivity contribution in [3.05, 3.63) is 33.9 Å². The molecule has 0 unspecified atom stereocenters. The molecule has 1 aromatic rings. The van der Waals surface area contributed by atoms with E-state index in [0.29, 0.717) is 11.3 Å². The van der Waals surface area contributed by atoms with Crippen LogP contribution in [0, 0.1) is 21.4 Å². The van der Waals surface area contributed by atoms with E-state index in [4.69, 9.17) is 5.26 Å². The fraction of sp³-hybridized carbons (Fsp3) is 0.533. The number of rotatable bonds is 9. The molecule has 0 heterocycles. The van der Waals surface area contributed by atoms with Gasteiger partial charge in [-0.25, -0.2) is 0 Å². The van der Waals surface area contributed by atoms with Gasteiger partial charge in [0.25, 0.3) is 5.69 Å². The fourth-order valence-corrected chi connectivity index (χ4v) is 2.02. The third-order valence-electron chi connectivity index (χ3n) is 3.18. The van der Waals surface area contributed by atoms with Gasteiger partial charge in [-0.2, -0.15) is 5.26 Å². The average molecular weight is 275 g/mol. The van der Waals surface area contributed by atoms with Gasteiger partial charge in [-0.3, -0.25) is 10.1 Å². The minimum absolute atomic E-state index is 0.0494. The second-order valence-corrected chi connectivity index (χ2v) is 4.79. The van der Waals surface area contributed by atoms with Gasteiger partial charge in [0.15, 0.2) is 0 Å². The highest BCUT2D eigenvalue weighted by atomic mass is 16.6. The highest BCUT2D eigenvalue weighted by Crippen LogP contribution is 2.21. The lowest BCUT2D eigenvalue weighted by Crippen LogP contribution is -2.03. The molecule has 0 aliphatic carbocycles. The Bertz CT molecular complexity index is 480. The van der Waals surface area contributed by atoms with Gasteiger partial charge in [0.05, 0.1) is 16.2 Å². The summed E-state index contributed by atoms with van der Waals surface area (Å²) in [6.45, 7) is 2.98. The number of benzene rings is 1. The number of unbranched alkanes of at least 4 members (excludes halogenated alkanes) is 5. The zero-order valence-corrected chi connectivity index (χ0v) is 11.9. The molecule has 1 rings (SSSR count). The molecule has 0 spiro atoms. The number of nitro groups is 1. The van der Waals surface area contributed by atoms with Gasteiger partial charge in [-0.05, 0) is 12.5 Å². The van der Waals surface area contributed by atoms with Crippen LogP contribution in [0.15, 0.2) is 18.2 Å². The van der Waals surface area contributed by atoms with E-state index in [1.165, 1.54) is 44.2 Å². The molecule has 0 radical (unpaired) electrons. The Morgan fingerprint density at radius 1 is 1.25 bits per heavy atom. The predicted octanol–water partition coefficient (Wildman–Crippen LogP) is 4.24. The van der Waals surface area contributed by atoms with Crippen molar-refractivity contribution in [2.75, 3.05) is 11.9 Å². The number of non-ortho nitro benzene ring substituents is 1. The van der Waals surface area contributed by atoms with Crippen LogP contribution in [0.3, 0.4) is 0 Å². The summed E-state index contributed by atoms with van der Waals surface area (Å²) in [5.74, 6) is 0. The van der Waals surface area contributed by atoms with Crippen molar-refractivity contribution >= 4 is 11.4 Å². The first-order chi connectivity index (χ1) is 9.69. The lowest BCUT2D eigenvalue weighted by Gasteiger charge is -2.08. The summed E-state index contributed by atoms with van der Waals surface area (Å²) in [6.07, 6.45) is 7.26. The van der Waals surface area contributed by atoms with Crippen LogP contribution in [0.5, 0.6) is 0 Å². The van der Waals surface area contributed by atoms with E-state index in [0.717, 1.165) is 13.0 Å². The molecule has 0 saturated heterocycles.